The van der Waals surface area contributed by atoms with E-state index in [-0.39, 0.29) is 30.2 Å². The zero-order valence-corrected chi connectivity index (χ0v) is 18.9. The molecule has 0 aromatic heterocycles. The number of hydrogen-bond donors (Lipinski definition) is 1. The maximum atomic E-state index is 15.7. The van der Waals surface area contributed by atoms with E-state index >= 15 is 4.39 Å². The fourth-order valence-electron chi connectivity index (χ4n) is 3.38. The lowest BCUT2D eigenvalue weighted by molar-refractivity contribution is 0.0473. The van der Waals surface area contributed by atoms with Crippen LogP contribution in [0.5, 0.6) is 5.75 Å². The normalized spacial score (nSPS) is 10.3. The number of hydrogen-bond acceptors (Lipinski definition) is 5. The largest absolute Gasteiger partial charge is 0.488 e. The average Bonchev–Trinajstić information content (AvgIpc) is 2.91. The summed E-state index contributed by atoms with van der Waals surface area (Å²) in [5.74, 6) is -2.81. The van der Waals surface area contributed by atoms with Crippen LogP contribution in [-0.4, -0.2) is 5.97 Å². The Morgan fingerprint density at radius 3 is 2.14 bits per heavy atom. The third-order valence-electron chi connectivity index (χ3n) is 5.15. The quantitative estimate of drug-likeness (QED) is 0.114. The van der Waals surface area contributed by atoms with Crippen LogP contribution in [0.3, 0.4) is 0 Å². The van der Waals surface area contributed by atoms with E-state index in [1.54, 1.807) is 54.6 Å². The summed E-state index contributed by atoms with van der Waals surface area (Å²) in [6, 6.07) is 24.8. The molecule has 0 radical (unpaired) electrons. The van der Waals surface area contributed by atoms with Gasteiger partial charge in [-0.05, 0) is 34.9 Å². The Labute approximate surface area is 205 Å². The number of anilines is 2. The van der Waals surface area contributed by atoms with E-state index in [2.05, 4.69) is 15.3 Å². The van der Waals surface area contributed by atoms with Crippen LogP contribution in [0.2, 0.25) is 0 Å². The van der Waals surface area contributed by atoms with Crippen molar-refractivity contribution in [3.05, 3.63) is 130 Å². The highest BCUT2D eigenvalue weighted by atomic mass is 19.1. The van der Waals surface area contributed by atoms with Crippen molar-refractivity contribution in [2.45, 2.75) is 13.2 Å². The number of esters is 1. The first-order valence-electron chi connectivity index (χ1n) is 10.9. The molecule has 4 aromatic carbocycles. The summed E-state index contributed by atoms with van der Waals surface area (Å²) in [6.45, 7) is -0.0500. The van der Waals surface area contributed by atoms with Crippen molar-refractivity contribution >= 4 is 23.0 Å². The van der Waals surface area contributed by atoms with Gasteiger partial charge in [0, 0.05) is 4.91 Å². The van der Waals surface area contributed by atoms with Crippen LogP contribution in [0.4, 0.5) is 25.8 Å². The molecule has 0 saturated heterocycles. The Hall–Kier alpha value is -4.88. The van der Waals surface area contributed by atoms with Crippen LogP contribution >= 0.6 is 0 Å². The molecule has 7 nitrogen and oxygen atoms in total. The number of ether oxygens (including phenoxy) is 2. The lowest BCUT2D eigenvalue weighted by Crippen LogP contribution is -2.11. The first-order chi connectivity index (χ1) is 17.6. The van der Waals surface area contributed by atoms with Crippen molar-refractivity contribution in [2.75, 3.05) is 5.32 Å². The minimum atomic E-state index is -1.09. The zero-order chi connectivity index (χ0) is 25.3. The van der Waals surface area contributed by atoms with Gasteiger partial charge in [-0.3, -0.25) is 0 Å². The molecule has 0 aliphatic carbocycles. The van der Waals surface area contributed by atoms with Crippen LogP contribution < -0.4 is 10.1 Å². The molecule has 0 aliphatic rings. The number of nitrogens with one attached hydrogen (secondary N) is 1. The molecule has 0 aliphatic heterocycles. The van der Waals surface area contributed by atoms with Crippen molar-refractivity contribution in [3.8, 4) is 5.75 Å². The third kappa shape index (κ3) is 5.78. The highest BCUT2D eigenvalue weighted by Crippen LogP contribution is 2.40. The van der Waals surface area contributed by atoms with Crippen LogP contribution in [0.1, 0.15) is 21.5 Å². The SMILES string of the molecule is [N-]=[N+]=Nc1c(OCc2ccccc2)cc(C(=O)OCc2ccccc2)c(Nc2ccccc2F)c1F. The number of azide groups is 1. The van der Waals surface area contributed by atoms with E-state index < -0.39 is 29.0 Å². The van der Waals surface area contributed by atoms with E-state index in [4.69, 9.17) is 15.0 Å². The Morgan fingerprint density at radius 1 is 0.889 bits per heavy atom. The zero-order valence-electron chi connectivity index (χ0n) is 18.9. The van der Waals surface area contributed by atoms with Crippen molar-refractivity contribution in [2.24, 2.45) is 5.11 Å². The summed E-state index contributed by atoms with van der Waals surface area (Å²) in [5.41, 5.74) is 9.29. The Bertz CT molecular complexity index is 1410. The van der Waals surface area contributed by atoms with Gasteiger partial charge in [-0.1, -0.05) is 77.9 Å². The number of carbonyl (C=O) groups excluding carboxylic acids is 1. The van der Waals surface area contributed by atoms with Crippen molar-refractivity contribution < 1.29 is 23.0 Å². The minimum absolute atomic E-state index is 0.0207. The second kappa shape index (κ2) is 11.5. The molecule has 36 heavy (non-hydrogen) atoms. The highest BCUT2D eigenvalue weighted by molar-refractivity contribution is 5.98. The summed E-state index contributed by atoms with van der Waals surface area (Å²) in [6.07, 6.45) is 0. The van der Waals surface area contributed by atoms with Gasteiger partial charge in [0.15, 0.2) is 5.82 Å². The maximum absolute atomic E-state index is 15.7. The molecule has 1 N–H and O–H groups in total. The van der Waals surface area contributed by atoms with E-state index in [0.29, 0.717) is 0 Å². The number of para-hydroxylation sites is 1. The summed E-state index contributed by atoms with van der Waals surface area (Å²) < 4.78 is 41.2. The standard InChI is InChI=1S/C27H20F2N4O3/c28-21-13-7-8-14-22(21)31-25-20(27(34)36-17-19-11-5-2-6-12-19)15-23(26(24(25)29)32-33-30)35-16-18-9-3-1-4-10-18/h1-15,31H,16-17H2. The van der Waals surface area contributed by atoms with Gasteiger partial charge < -0.3 is 14.8 Å². The molecule has 9 heteroatoms. The van der Waals surface area contributed by atoms with E-state index in [1.165, 1.54) is 24.3 Å². The predicted molar refractivity (Wildman–Crippen MR) is 131 cm³/mol. The molecule has 4 rings (SSSR count). The van der Waals surface area contributed by atoms with Crippen LogP contribution in [0.25, 0.3) is 10.4 Å². The third-order valence-corrected chi connectivity index (χ3v) is 5.15. The fourth-order valence-corrected chi connectivity index (χ4v) is 3.38. The number of halogens is 2. The molecule has 0 bridgehead atoms. The van der Waals surface area contributed by atoms with Gasteiger partial charge in [0.2, 0.25) is 0 Å². The van der Waals surface area contributed by atoms with Gasteiger partial charge in [-0.15, -0.1) is 0 Å². The van der Waals surface area contributed by atoms with Crippen LogP contribution in [0, 0.1) is 11.6 Å². The minimum Gasteiger partial charge on any atom is -0.488 e. The van der Waals surface area contributed by atoms with E-state index in [0.717, 1.165) is 11.1 Å². The second-order valence-corrected chi connectivity index (χ2v) is 7.59. The smallest absolute Gasteiger partial charge is 0.340 e. The molecule has 4 aromatic rings. The molecule has 0 spiro atoms. The van der Waals surface area contributed by atoms with Gasteiger partial charge in [0.25, 0.3) is 0 Å². The first-order valence-corrected chi connectivity index (χ1v) is 10.9. The molecule has 0 fully saturated rings. The summed E-state index contributed by atoms with van der Waals surface area (Å²) in [5, 5.41) is 6.03. The van der Waals surface area contributed by atoms with Gasteiger partial charge in [-0.25, -0.2) is 13.6 Å². The number of carbonyl (C=O) groups is 1. The Kier molecular flexibility index (Phi) is 7.75. The summed E-state index contributed by atoms with van der Waals surface area (Å²) >= 11 is 0. The first kappa shape index (κ1) is 24.3. The molecular weight excluding hydrogens is 466 g/mol. The van der Waals surface area contributed by atoms with E-state index in [1.807, 2.05) is 12.1 Å². The van der Waals surface area contributed by atoms with Crippen LogP contribution in [-0.2, 0) is 18.0 Å². The molecular formula is C27H20F2N4O3. The van der Waals surface area contributed by atoms with Gasteiger partial charge >= 0.3 is 5.97 Å². The molecule has 0 heterocycles. The van der Waals surface area contributed by atoms with Gasteiger partial charge in [0.05, 0.1) is 16.9 Å². The second-order valence-electron chi connectivity index (χ2n) is 7.59. The Morgan fingerprint density at radius 2 is 1.50 bits per heavy atom. The van der Waals surface area contributed by atoms with Crippen molar-refractivity contribution in [3.63, 3.8) is 0 Å². The summed E-state index contributed by atoms with van der Waals surface area (Å²) in [4.78, 5) is 15.8. The number of nitrogens with zero attached hydrogens (tertiary/aromatic N) is 3. The number of benzene rings is 4. The van der Waals surface area contributed by atoms with Crippen LogP contribution in [0.15, 0.2) is 96.1 Å². The molecule has 0 atom stereocenters. The molecule has 0 amide bonds. The van der Waals surface area contributed by atoms with E-state index in [9.17, 15) is 9.18 Å². The predicted octanol–water partition coefficient (Wildman–Crippen LogP) is 7.59. The van der Waals surface area contributed by atoms with Crippen molar-refractivity contribution in [1.29, 1.82) is 0 Å². The highest BCUT2D eigenvalue weighted by Gasteiger charge is 2.25. The van der Waals surface area contributed by atoms with Gasteiger partial charge in [-0.2, -0.15) is 0 Å². The number of rotatable bonds is 9. The monoisotopic (exact) mass is 486 g/mol. The maximum Gasteiger partial charge on any atom is 0.340 e. The molecule has 0 saturated carbocycles. The average molecular weight is 486 g/mol. The lowest BCUT2D eigenvalue weighted by atomic mass is 10.1. The topological polar surface area (TPSA) is 96.3 Å². The fraction of sp³-hybridized carbons (Fsp3) is 0.0741. The van der Waals surface area contributed by atoms with Gasteiger partial charge in [0.1, 0.15) is 30.5 Å². The Balaban J connectivity index is 1.75. The van der Waals surface area contributed by atoms with Crippen molar-refractivity contribution in [1.82, 2.24) is 0 Å². The summed E-state index contributed by atoms with van der Waals surface area (Å²) in [7, 11) is 0. The molecule has 0 unspecified atom stereocenters. The molecule has 180 valence electrons. The lowest BCUT2D eigenvalue weighted by Gasteiger charge is -2.18.